The summed E-state index contributed by atoms with van der Waals surface area (Å²) in [6.45, 7) is 2.17. The van der Waals surface area contributed by atoms with Crippen LogP contribution < -0.4 is 0 Å². The van der Waals surface area contributed by atoms with Crippen LogP contribution in [-0.4, -0.2) is 49.6 Å². The number of benzene rings is 1. The number of nitrogens with zero attached hydrogens (tertiary/aromatic N) is 1. The molecule has 0 atom stereocenters. The number of carboxylic acids is 1. The molecule has 1 N–H and O–H groups in total. The van der Waals surface area contributed by atoms with Crippen molar-refractivity contribution in [1.29, 1.82) is 0 Å². The lowest BCUT2D eigenvalue weighted by Gasteiger charge is -2.14. The fraction of sp³-hybridized carbons (Fsp3) is 0.333. The minimum atomic E-state index is -3.74. The van der Waals surface area contributed by atoms with E-state index in [2.05, 4.69) is 0 Å². The molecule has 0 aromatic heterocycles. The van der Waals surface area contributed by atoms with Gasteiger partial charge in [-0.15, -0.1) is 0 Å². The van der Waals surface area contributed by atoms with E-state index >= 15 is 0 Å². The van der Waals surface area contributed by atoms with Gasteiger partial charge < -0.3 is 10.0 Å². The number of amides is 1. The van der Waals surface area contributed by atoms with Crippen molar-refractivity contribution in [2.75, 3.05) is 19.3 Å². The van der Waals surface area contributed by atoms with Crippen LogP contribution in [-0.2, 0) is 14.6 Å². The average molecular weight is 285 g/mol. The zero-order chi connectivity index (χ0) is 14.6. The van der Waals surface area contributed by atoms with Gasteiger partial charge in [-0.25, -0.2) is 13.2 Å². The molecule has 104 valence electrons. The molecule has 0 bridgehead atoms. The largest absolute Gasteiger partial charge is 0.478 e. The summed E-state index contributed by atoms with van der Waals surface area (Å²) in [6.07, 6.45) is 0. The summed E-state index contributed by atoms with van der Waals surface area (Å²) in [7, 11) is -2.22. The number of carbonyl (C=O) groups excluding carboxylic acids is 1. The molecule has 0 fully saturated rings. The Morgan fingerprint density at radius 2 is 1.74 bits per heavy atom. The Morgan fingerprint density at radius 3 is 2.16 bits per heavy atom. The highest BCUT2D eigenvalue weighted by molar-refractivity contribution is 7.92. The van der Waals surface area contributed by atoms with Crippen molar-refractivity contribution < 1.29 is 23.1 Å². The van der Waals surface area contributed by atoms with Crippen LogP contribution in [0.2, 0.25) is 0 Å². The molecule has 1 amide bonds. The van der Waals surface area contributed by atoms with Crippen LogP contribution in [0.1, 0.15) is 17.3 Å². The van der Waals surface area contributed by atoms with E-state index in [0.717, 1.165) is 0 Å². The molecule has 0 aliphatic carbocycles. The van der Waals surface area contributed by atoms with Gasteiger partial charge in [0.25, 0.3) is 0 Å². The quantitative estimate of drug-likeness (QED) is 0.857. The maximum Gasteiger partial charge on any atom is 0.335 e. The first-order chi connectivity index (χ1) is 8.77. The normalized spacial score (nSPS) is 11.1. The standard InChI is InChI=1S/C12H15NO5S/c1-3-13(2)11(14)8-19(17,18)10-6-4-9(5-7-10)12(15)16/h4-7H,3,8H2,1-2H3,(H,15,16). The zero-order valence-corrected chi connectivity index (χ0v) is 11.5. The third-order valence-electron chi connectivity index (χ3n) is 2.67. The van der Waals surface area contributed by atoms with Crippen molar-refractivity contribution in [2.45, 2.75) is 11.8 Å². The van der Waals surface area contributed by atoms with E-state index in [1.165, 1.54) is 36.2 Å². The average Bonchev–Trinajstić information content (AvgIpc) is 2.37. The monoisotopic (exact) mass is 285 g/mol. The van der Waals surface area contributed by atoms with E-state index < -0.39 is 27.5 Å². The number of hydrogen-bond acceptors (Lipinski definition) is 4. The first kappa shape index (κ1) is 15.2. The lowest BCUT2D eigenvalue weighted by molar-refractivity contribution is -0.126. The van der Waals surface area contributed by atoms with E-state index in [9.17, 15) is 18.0 Å². The topological polar surface area (TPSA) is 91.8 Å². The third-order valence-corrected chi connectivity index (χ3v) is 4.29. The molecule has 7 heteroatoms. The SMILES string of the molecule is CCN(C)C(=O)CS(=O)(=O)c1ccc(C(=O)O)cc1. The molecular formula is C12H15NO5S. The molecule has 19 heavy (non-hydrogen) atoms. The first-order valence-corrected chi connectivity index (χ1v) is 7.23. The summed E-state index contributed by atoms with van der Waals surface area (Å²) in [5.41, 5.74) is -0.00375. The highest BCUT2D eigenvalue weighted by atomic mass is 32.2. The van der Waals surface area contributed by atoms with Crippen LogP contribution in [0.5, 0.6) is 0 Å². The Kier molecular flexibility index (Phi) is 4.66. The number of aromatic carboxylic acids is 1. The fourth-order valence-electron chi connectivity index (χ4n) is 1.34. The Bertz CT molecular complexity index is 577. The Labute approximate surface area is 111 Å². The molecule has 0 aliphatic rings. The van der Waals surface area contributed by atoms with Crippen molar-refractivity contribution in [3.05, 3.63) is 29.8 Å². The molecule has 0 unspecified atom stereocenters. The van der Waals surface area contributed by atoms with Crippen molar-refractivity contribution in [2.24, 2.45) is 0 Å². The molecular weight excluding hydrogens is 270 g/mol. The molecule has 6 nitrogen and oxygen atoms in total. The summed E-state index contributed by atoms with van der Waals surface area (Å²) in [6, 6.07) is 4.78. The molecule has 1 rings (SSSR count). The van der Waals surface area contributed by atoms with Crippen molar-refractivity contribution in [3.8, 4) is 0 Å². The summed E-state index contributed by atoms with van der Waals surface area (Å²) in [4.78, 5) is 23.5. The molecule has 0 saturated heterocycles. The van der Waals surface area contributed by atoms with Gasteiger partial charge in [-0.2, -0.15) is 0 Å². The second kappa shape index (κ2) is 5.83. The number of rotatable bonds is 5. The van der Waals surface area contributed by atoms with Crippen molar-refractivity contribution in [1.82, 2.24) is 4.90 Å². The van der Waals surface area contributed by atoms with Crippen LogP contribution in [0.3, 0.4) is 0 Å². The van der Waals surface area contributed by atoms with Crippen molar-refractivity contribution >= 4 is 21.7 Å². The number of carbonyl (C=O) groups is 2. The molecule has 0 aliphatic heterocycles. The van der Waals surface area contributed by atoms with Crippen LogP contribution in [0.15, 0.2) is 29.2 Å². The molecule has 0 radical (unpaired) electrons. The maximum absolute atomic E-state index is 11.9. The molecule has 1 aromatic carbocycles. The second-order valence-electron chi connectivity index (χ2n) is 4.00. The van der Waals surface area contributed by atoms with Gasteiger partial charge in [-0.3, -0.25) is 4.79 Å². The van der Waals surface area contributed by atoms with Crippen LogP contribution >= 0.6 is 0 Å². The van der Waals surface area contributed by atoms with Crippen molar-refractivity contribution in [3.63, 3.8) is 0 Å². The maximum atomic E-state index is 11.9. The Morgan fingerprint density at radius 1 is 1.21 bits per heavy atom. The van der Waals surface area contributed by atoms with Crippen LogP contribution in [0.4, 0.5) is 0 Å². The predicted molar refractivity (Wildman–Crippen MR) is 68.8 cm³/mol. The zero-order valence-electron chi connectivity index (χ0n) is 10.7. The van der Waals surface area contributed by atoms with E-state index in [1.54, 1.807) is 6.92 Å². The summed E-state index contributed by atoms with van der Waals surface area (Å²) in [5, 5.41) is 8.72. The molecule has 0 spiro atoms. The van der Waals surface area contributed by atoms with E-state index in [4.69, 9.17) is 5.11 Å². The lowest BCUT2D eigenvalue weighted by Crippen LogP contribution is -2.32. The summed E-state index contributed by atoms with van der Waals surface area (Å²) < 4.78 is 23.9. The van der Waals surface area contributed by atoms with Gasteiger partial charge in [0, 0.05) is 13.6 Å². The van der Waals surface area contributed by atoms with Gasteiger partial charge in [0.05, 0.1) is 10.5 Å². The third kappa shape index (κ3) is 3.78. The molecule has 1 aromatic rings. The Hall–Kier alpha value is -1.89. The van der Waals surface area contributed by atoms with E-state index in [1.807, 2.05) is 0 Å². The van der Waals surface area contributed by atoms with Gasteiger partial charge in [0.2, 0.25) is 5.91 Å². The molecule has 0 heterocycles. The Balaban J connectivity index is 2.95. The van der Waals surface area contributed by atoms with Gasteiger partial charge >= 0.3 is 5.97 Å². The van der Waals surface area contributed by atoms with Gasteiger partial charge in [0.15, 0.2) is 9.84 Å². The highest BCUT2D eigenvalue weighted by Crippen LogP contribution is 2.13. The van der Waals surface area contributed by atoms with Crippen LogP contribution in [0.25, 0.3) is 0 Å². The smallest absolute Gasteiger partial charge is 0.335 e. The second-order valence-corrected chi connectivity index (χ2v) is 5.99. The summed E-state index contributed by atoms with van der Waals surface area (Å²) in [5.74, 6) is -2.25. The predicted octanol–water partition coefficient (Wildman–Crippen LogP) is 0.637. The highest BCUT2D eigenvalue weighted by Gasteiger charge is 2.21. The molecule has 0 saturated carbocycles. The minimum absolute atomic E-state index is 0.00375. The minimum Gasteiger partial charge on any atom is -0.478 e. The lowest BCUT2D eigenvalue weighted by atomic mass is 10.2. The first-order valence-electron chi connectivity index (χ1n) is 5.58. The number of sulfone groups is 1. The van der Waals surface area contributed by atoms with Gasteiger partial charge in [-0.05, 0) is 31.2 Å². The van der Waals surface area contributed by atoms with Crippen LogP contribution in [0, 0.1) is 0 Å². The van der Waals surface area contributed by atoms with Gasteiger partial charge in [-0.1, -0.05) is 0 Å². The number of hydrogen-bond donors (Lipinski definition) is 1. The van der Waals surface area contributed by atoms with Gasteiger partial charge in [0.1, 0.15) is 5.75 Å². The van der Waals surface area contributed by atoms with E-state index in [-0.39, 0.29) is 10.5 Å². The van der Waals surface area contributed by atoms with E-state index in [0.29, 0.717) is 6.54 Å². The summed E-state index contributed by atoms with van der Waals surface area (Å²) >= 11 is 0. The number of carboxylic acid groups (broad SMARTS) is 1. The fourth-order valence-corrected chi connectivity index (χ4v) is 2.60.